The quantitative estimate of drug-likeness (QED) is 0.896. The van der Waals surface area contributed by atoms with E-state index in [4.69, 9.17) is 5.73 Å². The smallest absolute Gasteiger partial charge is 0.258 e. The molecule has 3 N–H and O–H groups in total. The Labute approximate surface area is 124 Å². The van der Waals surface area contributed by atoms with E-state index in [0.717, 1.165) is 5.00 Å². The highest BCUT2D eigenvalue weighted by molar-refractivity contribution is 7.11. The Balaban J connectivity index is 2.21. The fourth-order valence-electron chi connectivity index (χ4n) is 2.72. The van der Waals surface area contributed by atoms with E-state index in [2.05, 4.69) is 21.6 Å². The summed E-state index contributed by atoms with van der Waals surface area (Å²) >= 11 is 1.32. The van der Waals surface area contributed by atoms with Crippen LogP contribution in [0.25, 0.3) is 0 Å². The van der Waals surface area contributed by atoms with Crippen LogP contribution in [0, 0.1) is 0 Å². The molecule has 1 aliphatic carbocycles. The van der Waals surface area contributed by atoms with Gasteiger partial charge in [-0.3, -0.25) is 4.79 Å². The molecule has 0 atom stereocenters. The van der Waals surface area contributed by atoms with Gasteiger partial charge in [-0.05, 0) is 38.2 Å². The van der Waals surface area contributed by atoms with Crippen LogP contribution in [-0.2, 0) is 0 Å². The van der Waals surface area contributed by atoms with Crippen molar-refractivity contribution in [2.75, 3.05) is 17.7 Å². The molecular weight excluding hydrogens is 272 g/mol. The summed E-state index contributed by atoms with van der Waals surface area (Å²) in [6.45, 7) is 3.89. The number of carbonyl (C=O) groups excluding carboxylic acids is 1. The van der Waals surface area contributed by atoms with Gasteiger partial charge in [0.05, 0.1) is 0 Å². The Hall–Kier alpha value is -1.30. The minimum Gasteiger partial charge on any atom is -0.382 e. The third-order valence-corrected chi connectivity index (χ3v) is 4.74. The van der Waals surface area contributed by atoms with Gasteiger partial charge in [0.1, 0.15) is 10.6 Å². The van der Waals surface area contributed by atoms with E-state index in [-0.39, 0.29) is 11.9 Å². The van der Waals surface area contributed by atoms with Crippen LogP contribution in [0.3, 0.4) is 0 Å². The molecule has 2 rings (SSSR count). The Bertz CT molecular complexity index is 466. The molecule has 0 radical (unpaired) electrons. The van der Waals surface area contributed by atoms with Gasteiger partial charge in [0.2, 0.25) is 0 Å². The van der Waals surface area contributed by atoms with Crippen LogP contribution in [-0.4, -0.2) is 29.4 Å². The molecule has 0 spiro atoms. The lowest BCUT2D eigenvalue weighted by Crippen LogP contribution is -2.36. The Morgan fingerprint density at radius 3 is 2.65 bits per heavy atom. The molecular formula is C14H24N4OS. The van der Waals surface area contributed by atoms with Crippen molar-refractivity contribution in [2.45, 2.75) is 58.0 Å². The topological polar surface area (TPSA) is 71.2 Å². The summed E-state index contributed by atoms with van der Waals surface area (Å²) in [5.74, 6) is 0.217. The maximum Gasteiger partial charge on any atom is 0.258 e. The number of hydrogen-bond donors (Lipinski definition) is 2. The number of nitrogen functional groups attached to an aromatic ring is 1. The summed E-state index contributed by atoms with van der Waals surface area (Å²) in [7, 11) is 2.05. The van der Waals surface area contributed by atoms with E-state index < -0.39 is 0 Å². The van der Waals surface area contributed by atoms with Gasteiger partial charge in [-0.2, -0.15) is 4.37 Å². The van der Waals surface area contributed by atoms with Gasteiger partial charge < -0.3 is 16.0 Å². The van der Waals surface area contributed by atoms with Crippen LogP contribution in [0.2, 0.25) is 0 Å². The van der Waals surface area contributed by atoms with Gasteiger partial charge in [0.15, 0.2) is 5.82 Å². The van der Waals surface area contributed by atoms with E-state index in [0.29, 0.717) is 17.4 Å². The number of amides is 1. The van der Waals surface area contributed by atoms with Gasteiger partial charge in [0, 0.05) is 19.1 Å². The molecule has 112 valence electrons. The zero-order chi connectivity index (χ0) is 14.7. The van der Waals surface area contributed by atoms with Crippen LogP contribution < -0.4 is 16.0 Å². The van der Waals surface area contributed by atoms with E-state index >= 15 is 0 Å². The molecule has 0 saturated heterocycles. The SMILES string of the molecule is CC(C)NC(=O)c1c(N)nsc1N(C)C1CCCCC1. The van der Waals surface area contributed by atoms with Crippen molar-refractivity contribution < 1.29 is 4.79 Å². The number of nitrogens with one attached hydrogen (secondary N) is 1. The second kappa shape index (κ2) is 6.43. The molecule has 1 heterocycles. The molecule has 0 bridgehead atoms. The minimum absolute atomic E-state index is 0.0923. The molecule has 0 unspecified atom stereocenters. The van der Waals surface area contributed by atoms with Crippen LogP contribution in [0.1, 0.15) is 56.3 Å². The molecule has 1 saturated carbocycles. The zero-order valence-corrected chi connectivity index (χ0v) is 13.3. The van der Waals surface area contributed by atoms with Gasteiger partial charge in [-0.25, -0.2) is 0 Å². The first-order chi connectivity index (χ1) is 9.50. The first kappa shape index (κ1) is 15.1. The second-order valence-corrected chi connectivity index (χ2v) is 6.53. The van der Waals surface area contributed by atoms with Gasteiger partial charge >= 0.3 is 0 Å². The third kappa shape index (κ3) is 3.23. The fraction of sp³-hybridized carbons (Fsp3) is 0.714. The van der Waals surface area contributed by atoms with Crippen molar-refractivity contribution >= 4 is 28.3 Å². The van der Waals surface area contributed by atoms with Crippen molar-refractivity contribution in [2.24, 2.45) is 0 Å². The molecule has 1 aliphatic rings. The summed E-state index contributed by atoms with van der Waals surface area (Å²) in [5.41, 5.74) is 6.44. The zero-order valence-electron chi connectivity index (χ0n) is 12.5. The summed E-state index contributed by atoms with van der Waals surface area (Å²) in [4.78, 5) is 14.5. The van der Waals surface area contributed by atoms with E-state index in [1.807, 2.05) is 13.8 Å². The lowest BCUT2D eigenvalue weighted by atomic mass is 9.94. The maximum absolute atomic E-state index is 12.3. The number of carbonyl (C=O) groups is 1. The fourth-order valence-corrected chi connectivity index (χ4v) is 3.56. The predicted octanol–water partition coefficient (Wildman–Crippen LogP) is 2.63. The minimum atomic E-state index is -0.121. The molecule has 20 heavy (non-hydrogen) atoms. The molecule has 0 aromatic carbocycles. The lowest BCUT2D eigenvalue weighted by molar-refractivity contribution is 0.0944. The largest absolute Gasteiger partial charge is 0.382 e. The van der Waals surface area contributed by atoms with Gasteiger partial charge in [-0.1, -0.05) is 19.3 Å². The highest BCUT2D eigenvalue weighted by Crippen LogP contribution is 2.34. The standard InChI is InChI=1S/C14H24N4OS/c1-9(2)16-13(19)11-12(15)17-20-14(11)18(3)10-7-5-4-6-8-10/h9-10H,4-8H2,1-3H3,(H2,15,17)(H,16,19). The third-order valence-electron chi connectivity index (χ3n) is 3.79. The highest BCUT2D eigenvalue weighted by Gasteiger charge is 2.26. The van der Waals surface area contributed by atoms with E-state index in [1.54, 1.807) is 0 Å². The number of rotatable bonds is 4. The normalized spacial score (nSPS) is 16.4. The molecule has 5 nitrogen and oxygen atoms in total. The van der Waals surface area contributed by atoms with E-state index in [9.17, 15) is 4.79 Å². The lowest BCUT2D eigenvalue weighted by Gasteiger charge is -2.32. The molecule has 1 aromatic heterocycles. The van der Waals surface area contributed by atoms with Crippen molar-refractivity contribution in [3.05, 3.63) is 5.56 Å². The van der Waals surface area contributed by atoms with Crippen LogP contribution in [0.5, 0.6) is 0 Å². The maximum atomic E-state index is 12.3. The van der Waals surface area contributed by atoms with Crippen molar-refractivity contribution in [3.8, 4) is 0 Å². The van der Waals surface area contributed by atoms with Crippen LogP contribution >= 0.6 is 11.5 Å². The van der Waals surface area contributed by atoms with Crippen molar-refractivity contribution in [3.63, 3.8) is 0 Å². The number of hydrogen-bond acceptors (Lipinski definition) is 5. The molecule has 1 amide bonds. The highest BCUT2D eigenvalue weighted by atomic mass is 32.1. The number of anilines is 2. The molecule has 6 heteroatoms. The van der Waals surface area contributed by atoms with Crippen molar-refractivity contribution in [1.82, 2.24) is 9.69 Å². The first-order valence-corrected chi connectivity index (χ1v) is 8.07. The molecule has 1 aromatic rings. The Kier molecular flexibility index (Phi) is 4.86. The Morgan fingerprint density at radius 1 is 1.40 bits per heavy atom. The monoisotopic (exact) mass is 296 g/mol. The summed E-state index contributed by atoms with van der Waals surface area (Å²) in [5, 5.41) is 3.80. The van der Waals surface area contributed by atoms with Crippen LogP contribution in [0.4, 0.5) is 10.8 Å². The van der Waals surface area contributed by atoms with Gasteiger partial charge in [0.25, 0.3) is 5.91 Å². The Morgan fingerprint density at radius 2 is 2.05 bits per heavy atom. The number of nitrogens with zero attached hydrogens (tertiary/aromatic N) is 2. The number of aromatic nitrogens is 1. The van der Waals surface area contributed by atoms with Crippen molar-refractivity contribution in [1.29, 1.82) is 0 Å². The van der Waals surface area contributed by atoms with Crippen LogP contribution in [0.15, 0.2) is 0 Å². The summed E-state index contributed by atoms with van der Waals surface area (Å²) in [6, 6.07) is 0.587. The van der Waals surface area contributed by atoms with Gasteiger partial charge in [-0.15, -0.1) is 0 Å². The summed E-state index contributed by atoms with van der Waals surface area (Å²) < 4.78 is 4.18. The average Bonchev–Trinajstić information content (AvgIpc) is 2.80. The second-order valence-electron chi connectivity index (χ2n) is 5.78. The molecule has 1 fully saturated rings. The summed E-state index contributed by atoms with van der Waals surface area (Å²) in [6.07, 6.45) is 6.20. The average molecular weight is 296 g/mol. The molecule has 0 aliphatic heterocycles. The van der Waals surface area contributed by atoms with E-state index in [1.165, 1.54) is 43.6 Å². The predicted molar refractivity (Wildman–Crippen MR) is 84.4 cm³/mol. The first-order valence-electron chi connectivity index (χ1n) is 7.29. The number of nitrogens with two attached hydrogens (primary N) is 1.